The molecule has 1 aromatic carbocycles. The molecule has 0 spiro atoms. The van der Waals surface area contributed by atoms with Gasteiger partial charge in [-0.25, -0.2) is 4.68 Å². The average molecular weight is 334 g/mol. The molecule has 0 saturated carbocycles. The fourth-order valence-corrected chi connectivity index (χ4v) is 2.37. The first kappa shape index (κ1) is 16.6. The molecule has 0 radical (unpaired) electrons. The van der Waals surface area contributed by atoms with Gasteiger partial charge in [-0.2, -0.15) is 5.10 Å². The van der Waals surface area contributed by atoms with E-state index in [0.29, 0.717) is 12.2 Å². The van der Waals surface area contributed by atoms with E-state index in [0.717, 1.165) is 11.1 Å². The first-order valence-electron chi connectivity index (χ1n) is 8.01. The van der Waals surface area contributed by atoms with Crippen LogP contribution in [-0.2, 0) is 17.9 Å². The van der Waals surface area contributed by atoms with Crippen molar-refractivity contribution in [2.75, 3.05) is 0 Å². The van der Waals surface area contributed by atoms with Crippen LogP contribution < -0.4 is 10.9 Å². The Hall–Kier alpha value is -3.28. The summed E-state index contributed by atoms with van der Waals surface area (Å²) in [6.45, 7) is 0.676. The normalized spacial score (nSPS) is 10.4. The maximum absolute atomic E-state index is 12.0. The van der Waals surface area contributed by atoms with Crippen molar-refractivity contribution < 1.29 is 4.79 Å². The lowest BCUT2D eigenvalue weighted by Gasteiger charge is -2.08. The third-order valence-corrected chi connectivity index (χ3v) is 3.73. The second-order valence-corrected chi connectivity index (χ2v) is 5.53. The van der Waals surface area contributed by atoms with Gasteiger partial charge in [0.15, 0.2) is 0 Å². The van der Waals surface area contributed by atoms with Crippen molar-refractivity contribution in [3.63, 3.8) is 0 Å². The Morgan fingerprint density at radius 1 is 1.00 bits per heavy atom. The Labute approximate surface area is 145 Å². The van der Waals surface area contributed by atoms with Gasteiger partial charge in [-0.1, -0.05) is 30.3 Å². The zero-order chi connectivity index (χ0) is 17.5. The highest BCUT2D eigenvalue weighted by molar-refractivity contribution is 5.75. The first-order chi connectivity index (χ1) is 12.2. The minimum Gasteiger partial charge on any atom is -0.352 e. The van der Waals surface area contributed by atoms with E-state index in [4.69, 9.17) is 0 Å². The minimum atomic E-state index is -0.221. The molecule has 6 heteroatoms. The topological polar surface area (TPSA) is 76.9 Å². The second kappa shape index (κ2) is 8.01. The van der Waals surface area contributed by atoms with Gasteiger partial charge in [-0.15, -0.1) is 0 Å². The van der Waals surface area contributed by atoms with Gasteiger partial charge in [0.1, 0.15) is 0 Å². The highest BCUT2D eigenvalue weighted by Crippen LogP contribution is 2.13. The number of hydrogen-bond donors (Lipinski definition) is 1. The largest absolute Gasteiger partial charge is 0.352 e. The summed E-state index contributed by atoms with van der Waals surface area (Å²) in [5, 5.41) is 7.17. The van der Waals surface area contributed by atoms with Crippen molar-refractivity contribution in [3.8, 4) is 11.3 Å². The fraction of sp³-hybridized carbons (Fsp3) is 0.158. The van der Waals surface area contributed by atoms with Crippen LogP contribution in [0.2, 0.25) is 0 Å². The Morgan fingerprint density at radius 2 is 1.76 bits per heavy atom. The molecule has 0 atom stereocenters. The predicted octanol–water partition coefficient (Wildman–Crippen LogP) is 2.01. The number of amides is 1. The summed E-state index contributed by atoms with van der Waals surface area (Å²) in [6, 6.07) is 16.5. The molecule has 25 heavy (non-hydrogen) atoms. The van der Waals surface area contributed by atoms with E-state index in [2.05, 4.69) is 15.4 Å². The lowest BCUT2D eigenvalue weighted by molar-refractivity contribution is -0.121. The molecule has 0 fully saturated rings. The monoisotopic (exact) mass is 334 g/mol. The summed E-state index contributed by atoms with van der Waals surface area (Å²) < 4.78 is 1.33. The highest BCUT2D eigenvalue weighted by atomic mass is 16.2. The van der Waals surface area contributed by atoms with Gasteiger partial charge in [-0.05, 0) is 23.8 Å². The Bertz CT molecular complexity index is 892. The van der Waals surface area contributed by atoms with E-state index in [9.17, 15) is 9.59 Å². The number of pyridine rings is 1. The number of nitrogens with one attached hydrogen (secondary N) is 1. The van der Waals surface area contributed by atoms with Crippen molar-refractivity contribution in [2.45, 2.75) is 19.5 Å². The molecule has 6 nitrogen and oxygen atoms in total. The number of aryl methyl sites for hydroxylation is 1. The first-order valence-corrected chi connectivity index (χ1v) is 8.01. The van der Waals surface area contributed by atoms with Gasteiger partial charge in [0.25, 0.3) is 5.56 Å². The van der Waals surface area contributed by atoms with Gasteiger partial charge in [0.05, 0.1) is 12.2 Å². The van der Waals surface area contributed by atoms with Gasteiger partial charge < -0.3 is 5.32 Å². The molecule has 0 aliphatic carbocycles. The molecule has 0 unspecified atom stereocenters. The molecule has 0 aliphatic heterocycles. The van der Waals surface area contributed by atoms with Crippen LogP contribution >= 0.6 is 0 Å². The SMILES string of the molecule is O=C(CCn1nc(-c2ccccc2)ccc1=O)NCc1ccncc1. The summed E-state index contributed by atoms with van der Waals surface area (Å²) in [7, 11) is 0. The predicted molar refractivity (Wildman–Crippen MR) is 94.6 cm³/mol. The summed E-state index contributed by atoms with van der Waals surface area (Å²) >= 11 is 0. The highest BCUT2D eigenvalue weighted by Gasteiger charge is 2.06. The quantitative estimate of drug-likeness (QED) is 0.748. The summed E-state index contributed by atoms with van der Waals surface area (Å²) in [5.41, 5.74) is 2.39. The zero-order valence-corrected chi connectivity index (χ0v) is 13.6. The molecular weight excluding hydrogens is 316 g/mol. The van der Waals surface area contributed by atoms with E-state index in [1.807, 2.05) is 42.5 Å². The third kappa shape index (κ3) is 4.60. The summed E-state index contributed by atoms with van der Waals surface area (Å²) in [5.74, 6) is -0.129. The minimum absolute atomic E-state index is 0.129. The van der Waals surface area contributed by atoms with Crippen LogP contribution in [0.4, 0.5) is 0 Å². The molecule has 3 rings (SSSR count). The van der Waals surface area contributed by atoms with Crippen LogP contribution in [0.15, 0.2) is 71.8 Å². The molecule has 0 aliphatic rings. The average Bonchev–Trinajstić information content (AvgIpc) is 2.67. The molecule has 2 aromatic heterocycles. The van der Waals surface area contributed by atoms with Gasteiger partial charge >= 0.3 is 0 Å². The summed E-state index contributed by atoms with van der Waals surface area (Å²) in [4.78, 5) is 27.9. The van der Waals surface area contributed by atoms with Crippen LogP contribution in [0.5, 0.6) is 0 Å². The van der Waals surface area contributed by atoms with Crippen LogP contribution in [0.1, 0.15) is 12.0 Å². The van der Waals surface area contributed by atoms with E-state index in [1.165, 1.54) is 10.7 Å². The number of carbonyl (C=O) groups excluding carboxylic acids is 1. The number of benzene rings is 1. The molecule has 1 N–H and O–H groups in total. The number of hydrogen-bond acceptors (Lipinski definition) is 4. The van der Waals surface area contributed by atoms with Crippen molar-refractivity contribution in [1.29, 1.82) is 0 Å². The Balaban J connectivity index is 1.61. The van der Waals surface area contributed by atoms with E-state index < -0.39 is 0 Å². The van der Waals surface area contributed by atoms with Crippen LogP contribution in [0.25, 0.3) is 11.3 Å². The number of rotatable bonds is 6. The molecule has 1 amide bonds. The number of aromatic nitrogens is 3. The van der Waals surface area contributed by atoms with Crippen molar-refractivity contribution >= 4 is 5.91 Å². The van der Waals surface area contributed by atoms with E-state index in [1.54, 1.807) is 18.5 Å². The van der Waals surface area contributed by atoms with Crippen LogP contribution in [-0.4, -0.2) is 20.7 Å². The second-order valence-electron chi connectivity index (χ2n) is 5.53. The Morgan fingerprint density at radius 3 is 2.52 bits per heavy atom. The third-order valence-electron chi connectivity index (χ3n) is 3.73. The van der Waals surface area contributed by atoms with Crippen LogP contribution in [0.3, 0.4) is 0 Å². The van der Waals surface area contributed by atoms with E-state index >= 15 is 0 Å². The lowest BCUT2D eigenvalue weighted by Crippen LogP contribution is -2.28. The van der Waals surface area contributed by atoms with Gasteiger partial charge in [0, 0.05) is 37.0 Å². The smallest absolute Gasteiger partial charge is 0.266 e. The fourth-order valence-electron chi connectivity index (χ4n) is 2.37. The molecule has 0 saturated heterocycles. The zero-order valence-electron chi connectivity index (χ0n) is 13.6. The molecule has 126 valence electrons. The molecule has 0 bridgehead atoms. The molecule has 2 heterocycles. The van der Waals surface area contributed by atoms with Crippen molar-refractivity contribution in [3.05, 3.63) is 82.9 Å². The standard InChI is InChI=1S/C19H18N4O2/c24-18(21-14-15-8-11-20-12-9-15)10-13-23-19(25)7-6-17(22-23)16-4-2-1-3-5-16/h1-9,11-12H,10,13-14H2,(H,21,24). The number of carbonyl (C=O) groups is 1. The van der Waals surface area contributed by atoms with Gasteiger partial charge in [0.2, 0.25) is 5.91 Å². The molecule has 3 aromatic rings. The summed E-state index contributed by atoms with van der Waals surface area (Å²) in [6.07, 6.45) is 3.55. The van der Waals surface area contributed by atoms with Crippen molar-refractivity contribution in [1.82, 2.24) is 20.1 Å². The van der Waals surface area contributed by atoms with Gasteiger partial charge in [-0.3, -0.25) is 14.6 Å². The number of nitrogens with zero attached hydrogens (tertiary/aromatic N) is 3. The van der Waals surface area contributed by atoms with Crippen molar-refractivity contribution in [2.24, 2.45) is 0 Å². The lowest BCUT2D eigenvalue weighted by atomic mass is 10.1. The Kier molecular flexibility index (Phi) is 5.31. The van der Waals surface area contributed by atoms with Crippen LogP contribution in [0, 0.1) is 0 Å². The maximum Gasteiger partial charge on any atom is 0.266 e. The molecular formula is C19H18N4O2. The maximum atomic E-state index is 12.0. The van der Waals surface area contributed by atoms with E-state index in [-0.39, 0.29) is 24.4 Å².